The van der Waals surface area contributed by atoms with Crippen LogP contribution in [0.25, 0.3) is 0 Å². The zero-order valence-corrected chi connectivity index (χ0v) is 16.3. The predicted molar refractivity (Wildman–Crippen MR) is 105 cm³/mol. The average molecular weight is 392 g/mol. The van der Waals surface area contributed by atoms with Crippen LogP contribution in [0.4, 0.5) is 5.00 Å². The van der Waals surface area contributed by atoms with Crippen LogP contribution in [0.2, 0.25) is 0 Å². The van der Waals surface area contributed by atoms with Crippen molar-refractivity contribution in [3.05, 3.63) is 17.5 Å². The molecule has 24 heavy (non-hydrogen) atoms. The van der Waals surface area contributed by atoms with E-state index in [2.05, 4.69) is 32.6 Å². The van der Waals surface area contributed by atoms with Gasteiger partial charge in [0.25, 0.3) is 0 Å². The molecule has 3 aliphatic rings. The summed E-state index contributed by atoms with van der Waals surface area (Å²) >= 11 is 1.79. The van der Waals surface area contributed by atoms with Gasteiger partial charge < -0.3 is 15.1 Å². The second-order valence-corrected chi connectivity index (χ2v) is 7.92. The number of fused-ring (bicyclic) bond motifs is 2. The predicted octanol–water partition coefficient (Wildman–Crippen LogP) is 3.16. The number of anilines is 1. The number of hydrogen-bond acceptors (Lipinski definition) is 4. The highest BCUT2D eigenvalue weighted by atomic mass is 35.5. The van der Waals surface area contributed by atoms with Gasteiger partial charge in [-0.2, -0.15) is 0 Å². The monoisotopic (exact) mass is 391 g/mol. The summed E-state index contributed by atoms with van der Waals surface area (Å²) < 4.78 is 0. The van der Waals surface area contributed by atoms with Crippen molar-refractivity contribution >= 4 is 47.1 Å². The van der Waals surface area contributed by atoms with Gasteiger partial charge in [0.15, 0.2) is 0 Å². The molecule has 136 valence electrons. The number of nitrogens with one attached hydrogen (secondary N) is 1. The molecule has 0 aliphatic carbocycles. The number of amides is 1. The highest BCUT2D eigenvalue weighted by Gasteiger charge is 2.35. The second kappa shape index (κ2) is 8.75. The maximum atomic E-state index is 12.6. The SMILES string of the molecule is Cl.Cl.O=C(CC1CC2CCC(C1)N2)N1CCN(c2cccs2)CC1. The van der Waals surface area contributed by atoms with E-state index in [0.717, 1.165) is 32.6 Å². The molecule has 0 radical (unpaired) electrons. The minimum absolute atomic E-state index is 0. The normalized spacial score (nSPS) is 28.9. The van der Waals surface area contributed by atoms with Gasteiger partial charge in [0.1, 0.15) is 0 Å². The first-order chi connectivity index (χ1) is 10.8. The molecule has 0 aromatic carbocycles. The Morgan fingerprint density at radius 2 is 1.79 bits per heavy atom. The van der Waals surface area contributed by atoms with E-state index in [1.165, 1.54) is 30.7 Å². The Bertz CT molecular complexity index is 508. The van der Waals surface area contributed by atoms with Gasteiger partial charge in [-0.3, -0.25) is 4.79 Å². The quantitative estimate of drug-likeness (QED) is 0.859. The maximum absolute atomic E-state index is 12.6. The molecule has 3 aliphatic heterocycles. The number of hydrogen-bond donors (Lipinski definition) is 1. The molecule has 2 atom stereocenters. The Morgan fingerprint density at radius 1 is 1.12 bits per heavy atom. The van der Waals surface area contributed by atoms with Gasteiger partial charge in [0.05, 0.1) is 5.00 Å². The Morgan fingerprint density at radius 3 is 2.38 bits per heavy atom. The number of carbonyl (C=O) groups is 1. The van der Waals surface area contributed by atoms with Crippen LogP contribution in [0.5, 0.6) is 0 Å². The summed E-state index contributed by atoms with van der Waals surface area (Å²) in [5.74, 6) is 0.999. The molecule has 1 N–H and O–H groups in total. The van der Waals surface area contributed by atoms with Gasteiger partial charge in [-0.25, -0.2) is 0 Å². The summed E-state index contributed by atoms with van der Waals surface area (Å²) in [4.78, 5) is 17.1. The van der Waals surface area contributed by atoms with Crippen molar-refractivity contribution in [2.24, 2.45) is 5.92 Å². The molecule has 3 fully saturated rings. The van der Waals surface area contributed by atoms with Crippen molar-refractivity contribution in [2.75, 3.05) is 31.1 Å². The lowest BCUT2D eigenvalue weighted by Gasteiger charge is -2.36. The standard InChI is InChI=1S/C17H25N3OS.2ClH/c21-16(12-13-10-14-3-4-15(11-13)18-14)19-5-7-20(8-6-19)17-2-1-9-22-17;;/h1-2,9,13-15,18H,3-8,10-12H2;2*1H. The maximum Gasteiger partial charge on any atom is 0.222 e. The van der Waals surface area contributed by atoms with Crippen molar-refractivity contribution in [3.63, 3.8) is 0 Å². The van der Waals surface area contributed by atoms with Crippen molar-refractivity contribution in [1.29, 1.82) is 0 Å². The van der Waals surface area contributed by atoms with Gasteiger partial charge in [0.2, 0.25) is 5.91 Å². The Balaban J connectivity index is 0.00000104. The lowest BCUT2D eigenvalue weighted by molar-refractivity contribution is -0.132. The number of thiophene rings is 1. The summed E-state index contributed by atoms with van der Waals surface area (Å²) in [5, 5.41) is 7.12. The number of piperazine rings is 1. The Kier molecular flexibility index (Phi) is 7.23. The first-order valence-electron chi connectivity index (χ1n) is 8.60. The first kappa shape index (κ1) is 19.8. The van der Waals surface area contributed by atoms with Crippen molar-refractivity contribution in [3.8, 4) is 0 Å². The minimum Gasteiger partial charge on any atom is -0.360 e. The molecule has 4 nitrogen and oxygen atoms in total. The largest absolute Gasteiger partial charge is 0.360 e. The lowest BCUT2D eigenvalue weighted by Crippen LogP contribution is -2.49. The smallest absolute Gasteiger partial charge is 0.222 e. The van der Waals surface area contributed by atoms with Crippen LogP contribution in [0.1, 0.15) is 32.1 Å². The summed E-state index contributed by atoms with van der Waals surface area (Å²) in [7, 11) is 0. The molecule has 1 aromatic rings. The zero-order chi connectivity index (χ0) is 14.9. The van der Waals surface area contributed by atoms with E-state index in [-0.39, 0.29) is 24.8 Å². The lowest BCUT2D eigenvalue weighted by atomic mass is 9.89. The van der Waals surface area contributed by atoms with Gasteiger partial charge in [-0.15, -0.1) is 36.2 Å². The van der Waals surface area contributed by atoms with E-state index in [9.17, 15) is 4.79 Å². The molecule has 0 spiro atoms. The summed E-state index contributed by atoms with van der Waals surface area (Å²) in [6.45, 7) is 3.72. The van der Waals surface area contributed by atoms with Crippen LogP contribution in [0.3, 0.4) is 0 Å². The van der Waals surface area contributed by atoms with E-state index in [1.54, 1.807) is 11.3 Å². The molecule has 7 heteroatoms. The fourth-order valence-electron chi connectivity index (χ4n) is 4.34. The van der Waals surface area contributed by atoms with Crippen molar-refractivity contribution in [2.45, 2.75) is 44.2 Å². The second-order valence-electron chi connectivity index (χ2n) is 7.00. The molecule has 2 unspecified atom stereocenters. The van der Waals surface area contributed by atoms with Gasteiger partial charge in [-0.1, -0.05) is 0 Å². The van der Waals surface area contributed by atoms with Crippen molar-refractivity contribution in [1.82, 2.24) is 10.2 Å². The third-order valence-electron chi connectivity index (χ3n) is 5.48. The molecular weight excluding hydrogens is 365 g/mol. The molecular formula is C17H27Cl2N3OS. The van der Waals surface area contributed by atoms with E-state index >= 15 is 0 Å². The highest BCUT2D eigenvalue weighted by molar-refractivity contribution is 7.14. The third kappa shape index (κ3) is 4.37. The average Bonchev–Trinajstić information content (AvgIpc) is 3.17. The molecule has 4 rings (SSSR count). The van der Waals surface area contributed by atoms with Crippen LogP contribution in [-0.2, 0) is 4.79 Å². The summed E-state index contributed by atoms with van der Waals surface area (Å²) in [6, 6.07) is 5.65. The first-order valence-corrected chi connectivity index (χ1v) is 9.48. The van der Waals surface area contributed by atoms with E-state index < -0.39 is 0 Å². The Hall–Kier alpha value is -0.490. The molecule has 2 bridgehead atoms. The Labute approximate surface area is 160 Å². The molecule has 1 aromatic heterocycles. The van der Waals surface area contributed by atoms with E-state index in [1.807, 2.05) is 0 Å². The number of nitrogens with zero attached hydrogens (tertiary/aromatic N) is 2. The number of halogens is 2. The van der Waals surface area contributed by atoms with Crippen LogP contribution in [-0.4, -0.2) is 49.1 Å². The van der Waals surface area contributed by atoms with Crippen LogP contribution < -0.4 is 10.2 Å². The topological polar surface area (TPSA) is 35.6 Å². The molecule has 4 heterocycles. The third-order valence-corrected chi connectivity index (χ3v) is 6.41. The van der Waals surface area contributed by atoms with Gasteiger partial charge in [0, 0.05) is 44.7 Å². The molecule has 0 saturated carbocycles. The van der Waals surface area contributed by atoms with E-state index in [0.29, 0.717) is 23.9 Å². The van der Waals surface area contributed by atoms with E-state index in [4.69, 9.17) is 0 Å². The van der Waals surface area contributed by atoms with Crippen LogP contribution >= 0.6 is 36.2 Å². The highest BCUT2D eigenvalue weighted by Crippen LogP contribution is 2.33. The fourth-order valence-corrected chi connectivity index (χ4v) is 5.13. The summed E-state index contributed by atoms with van der Waals surface area (Å²) in [5.41, 5.74) is 0. The van der Waals surface area contributed by atoms with Gasteiger partial charge in [-0.05, 0) is 49.1 Å². The number of rotatable bonds is 3. The molecule has 3 saturated heterocycles. The number of carbonyl (C=O) groups excluding carboxylic acids is 1. The minimum atomic E-state index is 0. The van der Waals surface area contributed by atoms with Crippen molar-refractivity contribution < 1.29 is 4.79 Å². The number of piperidine rings is 1. The molecule has 1 amide bonds. The fraction of sp³-hybridized carbons (Fsp3) is 0.706. The van der Waals surface area contributed by atoms with Crippen LogP contribution in [0, 0.1) is 5.92 Å². The zero-order valence-electron chi connectivity index (χ0n) is 13.9. The van der Waals surface area contributed by atoms with Gasteiger partial charge >= 0.3 is 0 Å². The van der Waals surface area contributed by atoms with Crippen LogP contribution in [0.15, 0.2) is 17.5 Å². The summed E-state index contributed by atoms with van der Waals surface area (Å²) in [6.07, 6.45) is 5.81.